The van der Waals surface area contributed by atoms with E-state index < -0.39 is 18.1 Å². The number of nitrogens with one attached hydrogen (secondary N) is 3. The Balaban J connectivity index is 1.74. The predicted octanol–water partition coefficient (Wildman–Crippen LogP) is 0.875. The first-order valence-corrected chi connectivity index (χ1v) is 9.62. The summed E-state index contributed by atoms with van der Waals surface area (Å²) in [7, 11) is 0. The van der Waals surface area contributed by atoms with E-state index in [0.29, 0.717) is 24.5 Å². The average Bonchev–Trinajstić information content (AvgIpc) is 3.01. The maximum absolute atomic E-state index is 12.6. The van der Waals surface area contributed by atoms with Crippen LogP contribution in [0.5, 0.6) is 0 Å². The molecule has 0 bridgehead atoms. The van der Waals surface area contributed by atoms with Gasteiger partial charge in [-0.2, -0.15) is 5.10 Å². The highest BCUT2D eigenvalue weighted by molar-refractivity contribution is 6.39. The van der Waals surface area contributed by atoms with Gasteiger partial charge in [0.2, 0.25) is 5.91 Å². The molecule has 1 aromatic rings. The molecular weight excluding hydrogens is 348 g/mol. The van der Waals surface area contributed by atoms with Crippen LogP contribution in [0, 0.1) is 6.92 Å². The van der Waals surface area contributed by atoms with Gasteiger partial charge in [-0.15, -0.1) is 0 Å². The summed E-state index contributed by atoms with van der Waals surface area (Å²) in [6.07, 6.45) is 3.54. The van der Waals surface area contributed by atoms with Crippen LogP contribution >= 0.6 is 0 Å². The Hall–Kier alpha value is -2.42. The SMILES string of the molecule is CCC1CC(=O)NC(n2nc(C)cc2NC(=O)C(=O)N2CCCCC2C)N1. The average molecular weight is 376 g/mol. The number of carbonyl (C=O) groups excluding carboxylic acids is 3. The first-order valence-electron chi connectivity index (χ1n) is 9.62. The first kappa shape index (κ1) is 19.3. The van der Waals surface area contributed by atoms with E-state index in [1.807, 2.05) is 13.8 Å². The molecule has 3 heterocycles. The summed E-state index contributed by atoms with van der Waals surface area (Å²) in [5.41, 5.74) is 0.679. The molecule has 9 heteroatoms. The monoisotopic (exact) mass is 376 g/mol. The van der Waals surface area contributed by atoms with E-state index in [4.69, 9.17) is 0 Å². The van der Waals surface area contributed by atoms with Crippen LogP contribution in [0.4, 0.5) is 5.82 Å². The molecule has 2 saturated heterocycles. The van der Waals surface area contributed by atoms with Crippen molar-refractivity contribution in [1.82, 2.24) is 25.3 Å². The second-order valence-electron chi connectivity index (χ2n) is 7.36. The summed E-state index contributed by atoms with van der Waals surface area (Å²) in [5.74, 6) is -0.905. The molecule has 3 unspecified atom stereocenters. The van der Waals surface area contributed by atoms with Crippen molar-refractivity contribution in [2.45, 2.75) is 71.2 Å². The number of likely N-dealkylation sites (tertiary alicyclic amines) is 1. The molecule has 0 aromatic carbocycles. The van der Waals surface area contributed by atoms with Crippen molar-refractivity contribution in [3.63, 3.8) is 0 Å². The van der Waals surface area contributed by atoms with Crippen molar-refractivity contribution in [3.05, 3.63) is 11.8 Å². The molecule has 2 fully saturated rings. The molecular formula is C18H28N6O3. The minimum absolute atomic E-state index is 0.0349. The van der Waals surface area contributed by atoms with Crippen molar-refractivity contribution >= 4 is 23.5 Å². The number of rotatable bonds is 3. The van der Waals surface area contributed by atoms with Crippen LogP contribution in [0.2, 0.25) is 0 Å². The summed E-state index contributed by atoms with van der Waals surface area (Å²) < 4.78 is 1.51. The van der Waals surface area contributed by atoms with Crippen molar-refractivity contribution in [2.24, 2.45) is 0 Å². The molecule has 1 aromatic heterocycles. The number of anilines is 1. The van der Waals surface area contributed by atoms with E-state index >= 15 is 0 Å². The topological polar surface area (TPSA) is 108 Å². The second-order valence-corrected chi connectivity index (χ2v) is 7.36. The molecule has 0 aliphatic carbocycles. The molecule has 27 heavy (non-hydrogen) atoms. The van der Waals surface area contributed by atoms with E-state index in [1.165, 1.54) is 4.68 Å². The third-order valence-corrected chi connectivity index (χ3v) is 5.22. The molecule has 3 atom stereocenters. The van der Waals surface area contributed by atoms with Crippen LogP contribution in [0.15, 0.2) is 6.07 Å². The number of hydrogen-bond donors (Lipinski definition) is 3. The zero-order valence-electron chi connectivity index (χ0n) is 16.1. The van der Waals surface area contributed by atoms with Gasteiger partial charge in [0.1, 0.15) is 5.82 Å². The number of nitrogens with zero attached hydrogens (tertiary/aromatic N) is 3. The van der Waals surface area contributed by atoms with Crippen molar-refractivity contribution in [1.29, 1.82) is 0 Å². The summed E-state index contributed by atoms with van der Waals surface area (Å²) in [6.45, 7) is 6.36. The van der Waals surface area contributed by atoms with Gasteiger partial charge in [-0.1, -0.05) is 6.92 Å². The molecule has 0 spiro atoms. The van der Waals surface area contributed by atoms with Crippen molar-refractivity contribution < 1.29 is 14.4 Å². The summed E-state index contributed by atoms with van der Waals surface area (Å²) in [4.78, 5) is 38.7. The molecule has 3 amide bonds. The summed E-state index contributed by atoms with van der Waals surface area (Å²) in [5, 5.41) is 13.2. The Morgan fingerprint density at radius 3 is 2.85 bits per heavy atom. The van der Waals surface area contributed by atoms with Crippen LogP contribution < -0.4 is 16.0 Å². The lowest BCUT2D eigenvalue weighted by atomic mass is 10.0. The zero-order valence-corrected chi connectivity index (χ0v) is 16.1. The Kier molecular flexibility index (Phi) is 5.79. The lowest BCUT2D eigenvalue weighted by molar-refractivity contribution is -0.145. The van der Waals surface area contributed by atoms with Crippen LogP contribution in [0.1, 0.15) is 57.9 Å². The fourth-order valence-corrected chi connectivity index (χ4v) is 3.66. The number of aromatic nitrogens is 2. The van der Waals surface area contributed by atoms with Gasteiger partial charge in [0.15, 0.2) is 6.29 Å². The van der Waals surface area contributed by atoms with Gasteiger partial charge in [-0.3, -0.25) is 19.7 Å². The quantitative estimate of drug-likeness (QED) is 0.679. The summed E-state index contributed by atoms with van der Waals surface area (Å²) >= 11 is 0. The van der Waals surface area contributed by atoms with E-state index in [0.717, 1.165) is 25.7 Å². The minimum atomic E-state index is -0.681. The fraction of sp³-hybridized carbons (Fsp3) is 0.667. The molecule has 148 valence electrons. The van der Waals surface area contributed by atoms with Gasteiger partial charge >= 0.3 is 11.8 Å². The Labute approximate surface area is 158 Å². The van der Waals surface area contributed by atoms with Gasteiger partial charge in [0, 0.05) is 31.1 Å². The van der Waals surface area contributed by atoms with Crippen LogP contribution in [-0.4, -0.2) is 51.0 Å². The van der Waals surface area contributed by atoms with Crippen LogP contribution in [-0.2, 0) is 14.4 Å². The second kappa shape index (κ2) is 8.08. The Morgan fingerprint density at radius 2 is 2.15 bits per heavy atom. The third-order valence-electron chi connectivity index (χ3n) is 5.22. The van der Waals surface area contributed by atoms with Gasteiger partial charge in [0.05, 0.1) is 5.69 Å². The van der Waals surface area contributed by atoms with Gasteiger partial charge < -0.3 is 15.5 Å². The maximum atomic E-state index is 12.6. The van der Waals surface area contributed by atoms with Gasteiger partial charge in [0.25, 0.3) is 0 Å². The fourth-order valence-electron chi connectivity index (χ4n) is 3.66. The number of piperidine rings is 1. The lowest BCUT2D eigenvalue weighted by Gasteiger charge is -2.33. The highest BCUT2D eigenvalue weighted by Crippen LogP contribution is 2.20. The Morgan fingerprint density at radius 1 is 1.37 bits per heavy atom. The molecule has 0 saturated carbocycles. The largest absolute Gasteiger partial charge is 0.332 e. The lowest BCUT2D eigenvalue weighted by Crippen LogP contribution is -2.53. The maximum Gasteiger partial charge on any atom is 0.315 e. The van der Waals surface area contributed by atoms with Crippen LogP contribution in [0.25, 0.3) is 0 Å². The van der Waals surface area contributed by atoms with E-state index in [-0.39, 0.29) is 18.0 Å². The Bertz CT molecular complexity index is 731. The predicted molar refractivity (Wildman–Crippen MR) is 99.6 cm³/mol. The molecule has 3 N–H and O–H groups in total. The van der Waals surface area contributed by atoms with Crippen molar-refractivity contribution in [3.8, 4) is 0 Å². The third kappa shape index (κ3) is 4.29. The molecule has 2 aliphatic heterocycles. The van der Waals surface area contributed by atoms with Gasteiger partial charge in [-0.05, 0) is 39.5 Å². The normalized spacial score (nSPS) is 25.8. The molecule has 0 radical (unpaired) electrons. The summed E-state index contributed by atoms with van der Waals surface area (Å²) in [6, 6.07) is 1.79. The van der Waals surface area contributed by atoms with Crippen LogP contribution in [0.3, 0.4) is 0 Å². The van der Waals surface area contributed by atoms with E-state index in [9.17, 15) is 14.4 Å². The molecule has 2 aliphatic rings. The highest BCUT2D eigenvalue weighted by Gasteiger charge is 2.31. The number of hydrogen-bond acceptors (Lipinski definition) is 5. The molecule has 3 rings (SSSR count). The highest BCUT2D eigenvalue weighted by atomic mass is 16.2. The number of aryl methyl sites for hydroxylation is 1. The molecule has 9 nitrogen and oxygen atoms in total. The smallest absolute Gasteiger partial charge is 0.315 e. The van der Waals surface area contributed by atoms with Crippen molar-refractivity contribution in [2.75, 3.05) is 11.9 Å². The van der Waals surface area contributed by atoms with E-state index in [1.54, 1.807) is 17.9 Å². The van der Waals surface area contributed by atoms with Gasteiger partial charge in [-0.25, -0.2) is 4.68 Å². The van der Waals surface area contributed by atoms with E-state index in [2.05, 4.69) is 21.0 Å². The number of amides is 3. The standard InChI is InChI=1S/C18H28N6O3/c1-4-13-10-15(25)21-18(19-13)24-14(9-11(2)22-24)20-16(26)17(27)23-8-6-5-7-12(23)3/h9,12-13,18-19H,4-8,10H2,1-3H3,(H,20,26)(H,21,25). The number of carbonyl (C=O) groups is 3. The zero-order chi connectivity index (χ0) is 19.6. The minimum Gasteiger partial charge on any atom is -0.332 e. The first-order chi connectivity index (χ1) is 12.9.